The zero-order valence-electron chi connectivity index (χ0n) is 12.2. The van der Waals surface area contributed by atoms with Crippen LogP contribution in [0.15, 0.2) is 42.5 Å². The molecule has 0 saturated carbocycles. The summed E-state index contributed by atoms with van der Waals surface area (Å²) >= 11 is 0. The Balaban J connectivity index is 1.93. The Morgan fingerprint density at radius 3 is 1.95 bits per heavy atom. The minimum atomic E-state index is 0.352. The van der Waals surface area contributed by atoms with E-state index in [1.165, 1.54) is 0 Å². The number of nitrogens with two attached hydrogens (primary N) is 1. The predicted molar refractivity (Wildman–Crippen MR) is 81.4 cm³/mol. The molecule has 0 saturated heterocycles. The Kier molecular flexibility index (Phi) is 5.15. The van der Waals surface area contributed by atoms with Crippen LogP contribution in [0.4, 0.5) is 5.69 Å². The molecule has 0 aliphatic carbocycles. The molecule has 0 aliphatic heterocycles. The van der Waals surface area contributed by atoms with E-state index in [9.17, 15) is 0 Å². The normalized spacial score (nSPS) is 10.0. The molecule has 21 heavy (non-hydrogen) atoms. The highest BCUT2D eigenvalue weighted by atomic mass is 16.6. The average molecular weight is 289 g/mol. The number of rotatable bonds is 7. The van der Waals surface area contributed by atoms with Gasteiger partial charge in [-0.05, 0) is 24.3 Å². The number of ether oxygens (including phenoxy) is 4. The second kappa shape index (κ2) is 7.28. The van der Waals surface area contributed by atoms with Crippen LogP contribution in [0.25, 0.3) is 0 Å². The van der Waals surface area contributed by atoms with Crippen LogP contribution in [-0.4, -0.2) is 27.4 Å². The fourth-order valence-electron chi connectivity index (χ4n) is 1.87. The first-order valence-electron chi connectivity index (χ1n) is 6.57. The molecular formula is C16H19NO4. The lowest BCUT2D eigenvalue weighted by atomic mass is 10.3. The lowest BCUT2D eigenvalue weighted by Crippen LogP contribution is -2.11. The second-order valence-electron chi connectivity index (χ2n) is 4.23. The van der Waals surface area contributed by atoms with Crippen LogP contribution in [0.3, 0.4) is 0 Å². The smallest absolute Gasteiger partial charge is 0.203 e. The lowest BCUT2D eigenvalue weighted by molar-refractivity contribution is 0.205. The Morgan fingerprint density at radius 1 is 0.762 bits per heavy atom. The molecule has 112 valence electrons. The van der Waals surface area contributed by atoms with Crippen LogP contribution >= 0.6 is 0 Å². The van der Waals surface area contributed by atoms with E-state index in [-0.39, 0.29) is 0 Å². The average Bonchev–Trinajstić information content (AvgIpc) is 2.52. The quantitative estimate of drug-likeness (QED) is 0.627. The molecule has 0 amide bonds. The van der Waals surface area contributed by atoms with Gasteiger partial charge in [-0.3, -0.25) is 0 Å². The molecule has 0 spiro atoms. The van der Waals surface area contributed by atoms with Crippen LogP contribution in [0, 0.1) is 0 Å². The summed E-state index contributed by atoms with van der Waals surface area (Å²) in [4.78, 5) is 0. The third kappa shape index (κ3) is 3.72. The summed E-state index contributed by atoms with van der Waals surface area (Å²) in [6, 6.07) is 12.8. The Labute approximate surface area is 124 Å². The van der Waals surface area contributed by atoms with Crippen molar-refractivity contribution in [2.75, 3.05) is 33.2 Å². The predicted octanol–water partition coefficient (Wildman–Crippen LogP) is 2.74. The molecule has 0 radical (unpaired) electrons. The van der Waals surface area contributed by atoms with E-state index in [0.717, 1.165) is 0 Å². The van der Waals surface area contributed by atoms with Gasteiger partial charge in [-0.15, -0.1) is 0 Å². The van der Waals surface area contributed by atoms with Crippen molar-refractivity contribution in [1.29, 1.82) is 0 Å². The van der Waals surface area contributed by atoms with Gasteiger partial charge in [0, 0.05) is 0 Å². The Morgan fingerprint density at radius 2 is 1.33 bits per heavy atom. The zero-order chi connectivity index (χ0) is 15.1. The van der Waals surface area contributed by atoms with Gasteiger partial charge in [0.05, 0.1) is 19.9 Å². The second-order valence-corrected chi connectivity index (χ2v) is 4.23. The van der Waals surface area contributed by atoms with Crippen molar-refractivity contribution in [3.05, 3.63) is 42.5 Å². The molecule has 2 rings (SSSR count). The first kappa shape index (κ1) is 14.8. The van der Waals surface area contributed by atoms with E-state index in [2.05, 4.69) is 0 Å². The number of hydrogen-bond donors (Lipinski definition) is 1. The van der Waals surface area contributed by atoms with Crippen molar-refractivity contribution in [1.82, 2.24) is 0 Å². The SMILES string of the molecule is COc1cccc(OC)c1OCCOc1ccccc1N. The van der Waals surface area contributed by atoms with Crippen molar-refractivity contribution >= 4 is 5.69 Å². The van der Waals surface area contributed by atoms with Gasteiger partial charge in [0.15, 0.2) is 11.5 Å². The van der Waals surface area contributed by atoms with E-state index in [1.54, 1.807) is 20.3 Å². The molecule has 0 aromatic heterocycles. The standard InChI is InChI=1S/C16H19NO4/c1-18-14-8-5-9-15(19-2)16(14)21-11-10-20-13-7-4-3-6-12(13)17/h3-9H,10-11,17H2,1-2H3. The van der Waals surface area contributed by atoms with Crippen molar-refractivity contribution in [3.8, 4) is 23.0 Å². The maximum Gasteiger partial charge on any atom is 0.203 e. The number of para-hydroxylation sites is 3. The summed E-state index contributed by atoms with van der Waals surface area (Å²) in [5, 5.41) is 0. The maximum absolute atomic E-state index is 5.80. The third-order valence-electron chi connectivity index (χ3n) is 2.89. The van der Waals surface area contributed by atoms with Gasteiger partial charge in [-0.2, -0.15) is 0 Å². The van der Waals surface area contributed by atoms with Crippen molar-refractivity contribution in [2.45, 2.75) is 0 Å². The number of anilines is 1. The minimum Gasteiger partial charge on any atom is -0.493 e. The fraction of sp³-hybridized carbons (Fsp3) is 0.250. The van der Waals surface area contributed by atoms with Crippen LogP contribution in [0.5, 0.6) is 23.0 Å². The molecule has 2 aromatic rings. The molecule has 0 aliphatic rings. The van der Waals surface area contributed by atoms with Gasteiger partial charge in [0.1, 0.15) is 19.0 Å². The molecule has 2 aromatic carbocycles. The summed E-state index contributed by atoms with van der Waals surface area (Å²) in [6.07, 6.45) is 0. The van der Waals surface area contributed by atoms with Gasteiger partial charge in [-0.1, -0.05) is 18.2 Å². The van der Waals surface area contributed by atoms with Crippen molar-refractivity contribution in [3.63, 3.8) is 0 Å². The number of hydrogen-bond acceptors (Lipinski definition) is 5. The monoisotopic (exact) mass is 289 g/mol. The molecule has 0 fully saturated rings. The Bertz CT molecular complexity index is 564. The molecule has 0 heterocycles. The summed E-state index contributed by atoms with van der Waals surface area (Å²) in [5.74, 6) is 2.45. The van der Waals surface area contributed by atoms with Gasteiger partial charge in [-0.25, -0.2) is 0 Å². The van der Waals surface area contributed by atoms with Crippen LogP contribution in [0.1, 0.15) is 0 Å². The van der Waals surface area contributed by atoms with Crippen molar-refractivity contribution in [2.24, 2.45) is 0 Å². The molecule has 2 N–H and O–H groups in total. The largest absolute Gasteiger partial charge is 0.493 e. The first-order chi connectivity index (χ1) is 10.3. The summed E-state index contributed by atoms with van der Waals surface area (Å²) in [6.45, 7) is 0.723. The Hall–Kier alpha value is -2.56. The molecule has 5 heteroatoms. The van der Waals surface area contributed by atoms with Crippen LogP contribution in [0.2, 0.25) is 0 Å². The topological polar surface area (TPSA) is 62.9 Å². The molecule has 5 nitrogen and oxygen atoms in total. The van der Waals surface area contributed by atoms with Crippen LogP contribution < -0.4 is 24.7 Å². The maximum atomic E-state index is 5.80. The first-order valence-corrected chi connectivity index (χ1v) is 6.57. The van der Waals surface area contributed by atoms with Gasteiger partial charge >= 0.3 is 0 Å². The number of benzene rings is 2. The zero-order valence-corrected chi connectivity index (χ0v) is 12.2. The van der Waals surface area contributed by atoms with E-state index >= 15 is 0 Å². The number of methoxy groups -OCH3 is 2. The van der Waals surface area contributed by atoms with Gasteiger partial charge in [0.25, 0.3) is 0 Å². The van der Waals surface area contributed by atoms with E-state index < -0.39 is 0 Å². The lowest BCUT2D eigenvalue weighted by Gasteiger charge is -2.14. The molecule has 0 bridgehead atoms. The van der Waals surface area contributed by atoms with Gasteiger partial charge < -0.3 is 24.7 Å². The summed E-state index contributed by atoms with van der Waals surface area (Å²) in [7, 11) is 3.17. The minimum absolute atomic E-state index is 0.352. The highest BCUT2D eigenvalue weighted by Crippen LogP contribution is 2.36. The third-order valence-corrected chi connectivity index (χ3v) is 2.89. The highest BCUT2D eigenvalue weighted by molar-refractivity contribution is 5.52. The molecule has 0 unspecified atom stereocenters. The van der Waals surface area contributed by atoms with E-state index in [4.69, 9.17) is 24.7 Å². The fourth-order valence-corrected chi connectivity index (χ4v) is 1.87. The number of nitrogen functional groups attached to an aromatic ring is 1. The summed E-state index contributed by atoms with van der Waals surface area (Å²) < 4.78 is 21.8. The molecule has 0 atom stereocenters. The molecular weight excluding hydrogens is 270 g/mol. The van der Waals surface area contributed by atoms with E-state index in [1.807, 2.05) is 36.4 Å². The summed E-state index contributed by atoms with van der Waals surface area (Å²) in [5.41, 5.74) is 6.40. The highest BCUT2D eigenvalue weighted by Gasteiger charge is 2.11. The van der Waals surface area contributed by atoms with Crippen LogP contribution in [-0.2, 0) is 0 Å². The van der Waals surface area contributed by atoms with Crippen molar-refractivity contribution < 1.29 is 18.9 Å². The van der Waals surface area contributed by atoms with Gasteiger partial charge in [0.2, 0.25) is 5.75 Å². The van der Waals surface area contributed by atoms with E-state index in [0.29, 0.717) is 41.9 Å².